The minimum atomic E-state index is -0.270. The Hall–Kier alpha value is -2.49. The van der Waals surface area contributed by atoms with E-state index >= 15 is 0 Å². The van der Waals surface area contributed by atoms with Gasteiger partial charge in [-0.1, -0.05) is 0 Å². The Morgan fingerprint density at radius 3 is 2.53 bits per heavy atom. The molecule has 94 valence electrons. The molecule has 0 atom stereocenters. The van der Waals surface area contributed by atoms with Crippen molar-refractivity contribution >= 4 is 0 Å². The predicted octanol–water partition coefficient (Wildman–Crippen LogP) is 3.85. The molecule has 3 rings (SSSR count). The van der Waals surface area contributed by atoms with Crippen molar-refractivity contribution in [3.63, 3.8) is 0 Å². The quantitative estimate of drug-likeness (QED) is 0.697. The van der Waals surface area contributed by atoms with Crippen molar-refractivity contribution in [2.45, 2.75) is 6.92 Å². The van der Waals surface area contributed by atoms with E-state index in [-0.39, 0.29) is 5.82 Å². The Balaban J connectivity index is 2.10. The number of halogens is 1. The summed E-state index contributed by atoms with van der Waals surface area (Å²) in [5.41, 5.74) is 3.33. The fraction of sp³-hybridized carbons (Fsp3) is 0.0667. The molecule has 2 aromatic heterocycles. The molecule has 0 bridgehead atoms. The Morgan fingerprint density at radius 1 is 1.00 bits per heavy atom. The van der Waals surface area contributed by atoms with E-state index in [2.05, 4.69) is 9.97 Å². The van der Waals surface area contributed by atoms with E-state index < -0.39 is 0 Å². The number of hydrogen-bond donors (Lipinski definition) is 0. The topological polar surface area (TPSA) is 38.9 Å². The molecule has 19 heavy (non-hydrogen) atoms. The van der Waals surface area contributed by atoms with Gasteiger partial charge in [0, 0.05) is 23.0 Å². The zero-order valence-electron chi connectivity index (χ0n) is 10.3. The monoisotopic (exact) mass is 254 g/mol. The lowest BCUT2D eigenvalue weighted by molar-refractivity contribution is 0.572. The zero-order valence-corrected chi connectivity index (χ0v) is 10.3. The van der Waals surface area contributed by atoms with Crippen LogP contribution in [0.4, 0.5) is 4.39 Å². The molecule has 0 aliphatic rings. The average molecular weight is 254 g/mol. The standard InChI is InChI=1S/C15H11FN2O/c1-10-8-12(6-7-17-10)15-14(18-9-19-15)11-2-4-13(16)5-3-11/h2-9H,1H3. The minimum Gasteiger partial charge on any atom is -0.443 e. The van der Waals surface area contributed by atoms with E-state index in [0.717, 1.165) is 16.8 Å². The fourth-order valence-electron chi connectivity index (χ4n) is 1.95. The lowest BCUT2D eigenvalue weighted by atomic mass is 10.1. The van der Waals surface area contributed by atoms with Crippen LogP contribution in [0.15, 0.2) is 53.4 Å². The summed E-state index contributed by atoms with van der Waals surface area (Å²) in [6.45, 7) is 1.91. The van der Waals surface area contributed by atoms with Crippen LogP contribution in [-0.2, 0) is 0 Å². The Labute approximate surface area is 109 Å². The van der Waals surface area contributed by atoms with Crippen molar-refractivity contribution in [1.82, 2.24) is 9.97 Å². The van der Waals surface area contributed by atoms with Crippen molar-refractivity contribution in [2.75, 3.05) is 0 Å². The lowest BCUT2D eigenvalue weighted by Gasteiger charge is -2.02. The van der Waals surface area contributed by atoms with E-state index in [0.29, 0.717) is 11.5 Å². The highest BCUT2D eigenvalue weighted by atomic mass is 19.1. The zero-order chi connectivity index (χ0) is 13.2. The summed E-state index contributed by atoms with van der Waals surface area (Å²) in [6, 6.07) is 9.97. The smallest absolute Gasteiger partial charge is 0.182 e. The van der Waals surface area contributed by atoms with Gasteiger partial charge in [0.1, 0.15) is 11.5 Å². The van der Waals surface area contributed by atoms with Gasteiger partial charge in [-0.3, -0.25) is 4.98 Å². The number of benzene rings is 1. The number of nitrogens with zero attached hydrogens (tertiary/aromatic N) is 2. The third-order valence-corrected chi connectivity index (χ3v) is 2.84. The maximum absolute atomic E-state index is 13.0. The molecule has 0 radical (unpaired) electrons. The van der Waals surface area contributed by atoms with Crippen molar-refractivity contribution in [2.24, 2.45) is 0 Å². The molecular weight excluding hydrogens is 243 g/mol. The van der Waals surface area contributed by atoms with Crippen LogP contribution in [-0.4, -0.2) is 9.97 Å². The van der Waals surface area contributed by atoms with Gasteiger partial charge in [0.2, 0.25) is 0 Å². The molecule has 0 amide bonds. The normalized spacial score (nSPS) is 10.6. The van der Waals surface area contributed by atoms with Crippen LogP contribution >= 0.6 is 0 Å². The van der Waals surface area contributed by atoms with Gasteiger partial charge in [-0.25, -0.2) is 9.37 Å². The average Bonchev–Trinajstić information content (AvgIpc) is 2.89. The molecule has 0 unspecified atom stereocenters. The van der Waals surface area contributed by atoms with Crippen LogP contribution in [0.5, 0.6) is 0 Å². The molecule has 2 heterocycles. The van der Waals surface area contributed by atoms with E-state index in [9.17, 15) is 4.39 Å². The van der Waals surface area contributed by atoms with Gasteiger partial charge >= 0.3 is 0 Å². The molecule has 0 saturated heterocycles. The van der Waals surface area contributed by atoms with E-state index in [1.807, 2.05) is 19.1 Å². The largest absolute Gasteiger partial charge is 0.443 e. The molecule has 0 aliphatic carbocycles. The van der Waals surface area contributed by atoms with Crippen molar-refractivity contribution < 1.29 is 8.81 Å². The molecule has 0 N–H and O–H groups in total. The van der Waals surface area contributed by atoms with Gasteiger partial charge in [0.15, 0.2) is 12.2 Å². The summed E-state index contributed by atoms with van der Waals surface area (Å²) in [4.78, 5) is 8.36. The molecule has 0 saturated carbocycles. The summed E-state index contributed by atoms with van der Waals surface area (Å²) >= 11 is 0. The van der Waals surface area contributed by atoms with Gasteiger partial charge in [-0.2, -0.15) is 0 Å². The molecule has 3 aromatic rings. The van der Waals surface area contributed by atoms with E-state index in [1.165, 1.54) is 18.5 Å². The van der Waals surface area contributed by atoms with Crippen LogP contribution in [0.1, 0.15) is 5.69 Å². The van der Waals surface area contributed by atoms with E-state index in [4.69, 9.17) is 4.42 Å². The second-order valence-corrected chi connectivity index (χ2v) is 4.22. The SMILES string of the molecule is Cc1cc(-c2ocnc2-c2ccc(F)cc2)ccn1. The van der Waals surface area contributed by atoms with Crippen molar-refractivity contribution in [3.8, 4) is 22.6 Å². The maximum atomic E-state index is 13.0. The summed E-state index contributed by atoms with van der Waals surface area (Å²) in [7, 11) is 0. The molecular formula is C15H11FN2O. The first-order valence-electron chi connectivity index (χ1n) is 5.86. The second-order valence-electron chi connectivity index (χ2n) is 4.22. The Kier molecular flexibility index (Phi) is 2.83. The van der Waals surface area contributed by atoms with Gasteiger partial charge in [-0.05, 0) is 43.3 Å². The Morgan fingerprint density at radius 2 is 1.79 bits per heavy atom. The molecule has 3 nitrogen and oxygen atoms in total. The maximum Gasteiger partial charge on any atom is 0.182 e. The van der Waals surface area contributed by atoms with Crippen LogP contribution < -0.4 is 0 Å². The summed E-state index contributed by atoms with van der Waals surface area (Å²) in [5.74, 6) is 0.394. The number of hydrogen-bond acceptors (Lipinski definition) is 3. The van der Waals surface area contributed by atoms with Crippen LogP contribution in [0.2, 0.25) is 0 Å². The van der Waals surface area contributed by atoms with Gasteiger partial charge in [0.25, 0.3) is 0 Å². The summed E-state index contributed by atoms with van der Waals surface area (Å²) < 4.78 is 18.4. The minimum absolute atomic E-state index is 0.270. The molecule has 0 aliphatic heterocycles. The van der Waals surface area contributed by atoms with Crippen LogP contribution in [0.3, 0.4) is 0 Å². The molecule has 4 heteroatoms. The number of aryl methyl sites for hydroxylation is 1. The highest BCUT2D eigenvalue weighted by Crippen LogP contribution is 2.31. The van der Waals surface area contributed by atoms with E-state index in [1.54, 1.807) is 18.3 Å². The Bertz CT molecular complexity index is 704. The van der Waals surface area contributed by atoms with Crippen molar-refractivity contribution in [1.29, 1.82) is 0 Å². The first-order chi connectivity index (χ1) is 9.24. The van der Waals surface area contributed by atoms with Crippen molar-refractivity contribution in [3.05, 3.63) is 60.5 Å². The molecule has 1 aromatic carbocycles. The molecule has 0 fully saturated rings. The first-order valence-corrected chi connectivity index (χ1v) is 5.86. The fourth-order valence-corrected chi connectivity index (χ4v) is 1.95. The third-order valence-electron chi connectivity index (χ3n) is 2.84. The highest BCUT2D eigenvalue weighted by Gasteiger charge is 2.13. The number of aromatic nitrogens is 2. The predicted molar refractivity (Wildman–Crippen MR) is 69.9 cm³/mol. The first kappa shape index (κ1) is 11.6. The summed E-state index contributed by atoms with van der Waals surface area (Å²) in [5, 5.41) is 0. The lowest BCUT2D eigenvalue weighted by Crippen LogP contribution is -1.85. The van der Waals surface area contributed by atoms with Gasteiger partial charge in [-0.15, -0.1) is 0 Å². The summed E-state index contributed by atoms with van der Waals surface area (Å²) in [6.07, 6.45) is 3.12. The number of pyridine rings is 1. The third kappa shape index (κ3) is 2.25. The second kappa shape index (κ2) is 4.65. The van der Waals surface area contributed by atoms with Gasteiger partial charge in [0.05, 0.1) is 0 Å². The van der Waals surface area contributed by atoms with Crippen LogP contribution in [0, 0.1) is 12.7 Å². The number of rotatable bonds is 2. The molecule has 0 spiro atoms. The number of oxazole rings is 1. The van der Waals surface area contributed by atoms with Crippen LogP contribution in [0.25, 0.3) is 22.6 Å². The highest BCUT2D eigenvalue weighted by molar-refractivity contribution is 5.76. The van der Waals surface area contributed by atoms with Gasteiger partial charge < -0.3 is 4.42 Å².